The average molecular weight is 425 g/mol. The zero-order valence-electron chi connectivity index (χ0n) is 17.7. The smallest absolute Gasteiger partial charge is 0.309 e. The first-order valence-corrected chi connectivity index (χ1v) is 10.4. The van der Waals surface area contributed by atoms with Crippen molar-refractivity contribution in [2.45, 2.75) is 32.6 Å². The molecule has 0 spiro atoms. The average Bonchev–Trinajstić information content (AvgIpc) is 2.78. The fourth-order valence-electron chi connectivity index (χ4n) is 3.65. The fraction of sp³-hybridized carbons (Fsp3) is 0.391. The number of hydrogen-bond acceptors (Lipinski definition) is 6. The minimum atomic E-state index is -0.410. The van der Waals surface area contributed by atoms with Crippen LogP contribution in [0.3, 0.4) is 0 Å². The van der Waals surface area contributed by atoms with Gasteiger partial charge in [-0.1, -0.05) is 38.1 Å². The number of amides is 1. The number of esters is 1. The van der Waals surface area contributed by atoms with Crippen LogP contribution >= 0.6 is 0 Å². The van der Waals surface area contributed by atoms with E-state index in [0.29, 0.717) is 43.2 Å². The second-order valence-electron chi connectivity index (χ2n) is 7.94. The highest BCUT2D eigenvalue weighted by atomic mass is 16.6. The lowest BCUT2D eigenvalue weighted by molar-refractivity contribution is -0.384. The quantitative estimate of drug-likeness (QED) is 0.407. The molecule has 0 bridgehead atoms. The van der Waals surface area contributed by atoms with Crippen LogP contribution in [0.25, 0.3) is 0 Å². The van der Waals surface area contributed by atoms with Gasteiger partial charge in [0.05, 0.1) is 10.8 Å². The summed E-state index contributed by atoms with van der Waals surface area (Å²) in [6.07, 6.45) is 1.03. The number of nitrogens with zero attached hydrogens (tertiary/aromatic N) is 2. The number of hydrogen-bond donors (Lipinski definition) is 1. The summed E-state index contributed by atoms with van der Waals surface area (Å²) >= 11 is 0. The van der Waals surface area contributed by atoms with E-state index < -0.39 is 10.9 Å². The molecule has 1 heterocycles. The number of rotatable bonds is 7. The second kappa shape index (κ2) is 10.1. The number of benzene rings is 2. The summed E-state index contributed by atoms with van der Waals surface area (Å²) in [7, 11) is 0. The summed E-state index contributed by atoms with van der Waals surface area (Å²) in [5, 5.41) is 14.0. The number of anilines is 2. The highest BCUT2D eigenvalue weighted by Gasteiger charge is 2.29. The van der Waals surface area contributed by atoms with E-state index in [0.717, 1.165) is 0 Å². The molecular weight excluding hydrogens is 398 g/mol. The molecule has 31 heavy (non-hydrogen) atoms. The van der Waals surface area contributed by atoms with Crippen molar-refractivity contribution in [3.05, 3.63) is 64.2 Å². The monoisotopic (exact) mass is 425 g/mol. The molecule has 0 unspecified atom stereocenters. The number of nitro groups is 1. The summed E-state index contributed by atoms with van der Waals surface area (Å²) < 4.78 is 5.20. The molecule has 1 aliphatic heterocycles. The highest BCUT2D eigenvalue weighted by molar-refractivity contribution is 5.92. The van der Waals surface area contributed by atoms with E-state index in [1.807, 2.05) is 29.2 Å². The summed E-state index contributed by atoms with van der Waals surface area (Å²) in [6, 6.07) is 14.2. The van der Waals surface area contributed by atoms with Crippen LogP contribution < -0.4 is 10.2 Å². The molecule has 2 aromatic rings. The molecule has 0 saturated carbocycles. The normalized spacial score (nSPS) is 14.4. The van der Waals surface area contributed by atoms with Crippen LogP contribution in [0.2, 0.25) is 0 Å². The zero-order chi connectivity index (χ0) is 22.4. The molecule has 8 nitrogen and oxygen atoms in total. The molecule has 0 aliphatic carbocycles. The Balaban J connectivity index is 1.46. The second-order valence-corrected chi connectivity index (χ2v) is 7.94. The third kappa shape index (κ3) is 5.81. The molecule has 1 aliphatic rings. The highest BCUT2D eigenvalue weighted by Crippen LogP contribution is 2.31. The molecule has 1 saturated heterocycles. The third-order valence-electron chi connectivity index (χ3n) is 5.45. The van der Waals surface area contributed by atoms with Gasteiger partial charge in [-0.05, 0) is 42.5 Å². The van der Waals surface area contributed by atoms with Crippen LogP contribution in [0, 0.1) is 16.0 Å². The Bertz CT molecular complexity index is 934. The van der Waals surface area contributed by atoms with Gasteiger partial charge in [0.25, 0.3) is 11.6 Å². The molecule has 164 valence electrons. The standard InChI is InChI=1S/C23H27N3O5/c1-16(2)17-7-9-19(10-8-17)24-22(27)15-31-23(28)18-11-13-25(14-12-18)20-5-3-4-6-21(20)26(29)30/h3-10,16,18H,11-15H2,1-2H3,(H,24,27). The van der Waals surface area contributed by atoms with Gasteiger partial charge in [0, 0.05) is 24.8 Å². The number of carbonyl (C=O) groups is 2. The Hall–Kier alpha value is -3.42. The lowest BCUT2D eigenvalue weighted by atomic mass is 9.96. The molecule has 0 atom stereocenters. The largest absolute Gasteiger partial charge is 0.455 e. The van der Waals surface area contributed by atoms with Gasteiger partial charge in [-0.15, -0.1) is 0 Å². The van der Waals surface area contributed by atoms with Gasteiger partial charge in [0.1, 0.15) is 5.69 Å². The first-order chi connectivity index (χ1) is 14.8. The first kappa shape index (κ1) is 22.3. The lowest BCUT2D eigenvalue weighted by Crippen LogP contribution is -2.37. The summed E-state index contributed by atoms with van der Waals surface area (Å²) in [6.45, 7) is 4.88. The predicted octanol–water partition coefficient (Wildman–Crippen LogP) is 4.12. The molecule has 2 aromatic carbocycles. The van der Waals surface area contributed by atoms with Crippen molar-refractivity contribution in [3.63, 3.8) is 0 Å². The maximum atomic E-state index is 12.4. The van der Waals surface area contributed by atoms with Crippen molar-refractivity contribution < 1.29 is 19.2 Å². The number of para-hydroxylation sites is 2. The molecule has 3 rings (SSSR count). The summed E-state index contributed by atoms with van der Waals surface area (Å²) in [5.41, 5.74) is 2.45. The van der Waals surface area contributed by atoms with E-state index in [1.54, 1.807) is 18.2 Å². The zero-order valence-corrected chi connectivity index (χ0v) is 17.7. The Morgan fingerprint density at radius 2 is 1.77 bits per heavy atom. The van der Waals surface area contributed by atoms with Gasteiger partial charge in [-0.2, -0.15) is 0 Å². The van der Waals surface area contributed by atoms with Crippen LogP contribution in [0.15, 0.2) is 48.5 Å². The Kier molecular flexibility index (Phi) is 7.23. The fourth-order valence-corrected chi connectivity index (χ4v) is 3.65. The van der Waals surface area contributed by atoms with Crippen LogP contribution in [0.4, 0.5) is 17.1 Å². The van der Waals surface area contributed by atoms with Gasteiger partial charge in [0.2, 0.25) is 0 Å². The number of nitrogens with one attached hydrogen (secondary N) is 1. The van der Waals surface area contributed by atoms with E-state index in [4.69, 9.17) is 4.74 Å². The van der Waals surface area contributed by atoms with E-state index in [2.05, 4.69) is 19.2 Å². The van der Waals surface area contributed by atoms with Crippen LogP contribution in [0.5, 0.6) is 0 Å². The number of ether oxygens (including phenoxy) is 1. The number of piperidine rings is 1. The summed E-state index contributed by atoms with van der Waals surface area (Å²) in [4.78, 5) is 37.2. The molecule has 1 fully saturated rings. The maximum Gasteiger partial charge on any atom is 0.309 e. The van der Waals surface area contributed by atoms with Crippen LogP contribution in [0.1, 0.15) is 38.2 Å². The number of nitro benzene ring substituents is 1. The SMILES string of the molecule is CC(C)c1ccc(NC(=O)COC(=O)C2CCN(c3ccccc3[N+](=O)[O-])CC2)cc1. The van der Waals surface area contributed by atoms with Crippen molar-refractivity contribution >= 4 is 28.9 Å². The Morgan fingerprint density at radius 1 is 1.13 bits per heavy atom. The van der Waals surface area contributed by atoms with Crippen LogP contribution in [-0.2, 0) is 14.3 Å². The predicted molar refractivity (Wildman–Crippen MR) is 118 cm³/mol. The van der Waals surface area contributed by atoms with Gasteiger partial charge >= 0.3 is 5.97 Å². The molecule has 1 N–H and O–H groups in total. The molecule has 0 radical (unpaired) electrons. The third-order valence-corrected chi connectivity index (χ3v) is 5.45. The van der Waals surface area contributed by atoms with E-state index >= 15 is 0 Å². The van der Waals surface area contributed by atoms with Crippen molar-refractivity contribution in [3.8, 4) is 0 Å². The van der Waals surface area contributed by atoms with Gasteiger partial charge < -0.3 is 15.0 Å². The van der Waals surface area contributed by atoms with Gasteiger partial charge in [0.15, 0.2) is 6.61 Å². The van der Waals surface area contributed by atoms with Gasteiger partial charge in [-0.3, -0.25) is 19.7 Å². The van der Waals surface area contributed by atoms with Crippen LogP contribution in [-0.4, -0.2) is 36.5 Å². The van der Waals surface area contributed by atoms with Gasteiger partial charge in [-0.25, -0.2) is 0 Å². The van der Waals surface area contributed by atoms with Crippen molar-refractivity contribution in [2.24, 2.45) is 5.92 Å². The molecule has 0 aromatic heterocycles. The van der Waals surface area contributed by atoms with Crippen molar-refractivity contribution in [2.75, 3.05) is 29.9 Å². The molecule has 1 amide bonds. The minimum Gasteiger partial charge on any atom is -0.455 e. The number of carbonyl (C=O) groups excluding carboxylic acids is 2. The summed E-state index contributed by atoms with van der Waals surface area (Å²) in [5.74, 6) is -0.710. The minimum absolute atomic E-state index is 0.0571. The lowest BCUT2D eigenvalue weighted by Gasteiger charge is -2.32. The van der Waals surface area contributed by atoms with Crippen molar-refractivity contribution in [1.82, 2.24) is 0 Å². The first-order valence-electron chi connectivity index (χ1n) is 10.4. The maximum absolute atomic E-state index is 12.4. The topological polar surface area (TPSA) is 102 Å². The molecule has 8 heteroatoms. The Labute approximate surface area is 181 Å². The van der Waals surface area contributed by atoms with E-state index in [-0.39, 0.29) is 24.1 Å². The molecular formula is C23H27N3O5. The van der Waals surface area contributed by atoms with Crippen molar-refractivity contribution in [1.29, 1.82) is 0 Å². The van der Waals surface area contributed by atoms with E-state index in [9.17, 15) is 19.7 Å². The van der Waals surface area contributed by atoms with E-state index in [1.165, 1.54) is 11.6 Å². The Morgan fingerprint density at radius 3 is 2.39 bits per heavy atom.